The first kappa shape index (κ1) is 25.1. The van der Waals surface area contributed by atoms with Gasteiger partial charge in [-0.15, -0.1) is 0 Å². The number of piperidine rings is 1. The van der Waals surface area contributed by atoms with Gasteiger partial charge < -0.3 is 19.7 Å². The molecule has 0 aliphatic carbocycles. The van der Waals surface area contributed by atoms with Gasteiger partial charge in [0.1, 0.15) is 17.8 Å². The molecule has 0 amide bonds. The Morgan fingerprint density at radius 1 is 0.775 bits per heavy atom. The minimum absolute atomic E-state index is 0.675. The fourth-order valence-electron chi connectivity index (χ4n) is 6.19. The molecule has 0 spiro atoms. The molecule has 7 rings (SSSR count). The predicted molar refractivity (Wildman–Crippen MR) is 161 cm³/mol. The monoisotopic (exact) mass is 532 g/mol. The van der Waals surface area contributed by atoms with E-state index in [2.05, 4.69) is 86.3 Å². The van der Waals surface area contributed by atoms with E-state index >= 15 is 0 Å². The summed E-state index contributed by atoms with van der Waals surface area (Å²) in [5.74, 6) is 1.71. The number of fused-ring (bicyclic) bond motifs is 2. The van der Waals surface area contributed by atoms with Gasteiger partial charge >= 0.3 is 0 Å². The molecular weight excluding hydrogens is 496 g/mol. The molecule has 2 aliphatic rings. The van der Waals surface area contributed by atoms with Crippen LogP contribution >= 0.6 is 0 Å². The van der Waals surface area contributed by atoms with Gasteiger partial charge in [0.05, 0.1) is 11.2 Å². The molecule has 8 heteroatoms. The Morgan fingerprint density at radius 2 is 1.57 bits per heavy atom. The van der Waals surface area contributed by atoms with Gasteiger partial charge in [0, 0.05) is 66.7 Å². The van der Waals surface area contributed by atoms with E-state index < -0.39 is 0 Å². The quantitative estimate of drug-likeness (QED) is 0.346. The SMILES string of the molecule is CN1CCC(Cc2ncnc3ccc(-c4c[nH]c5ncc(-c6ccnc(N7CCN(C)CC7)c6)cc45)cc23)CC1. The van der Waals surface area contributed by atoms with Crippen molar-refractivity contribution in [2.75, 3.05) is 58.3 Å². The minimum atomic E-state index is 0.675. The number of piperazine rings is 1. The summed E-state index contributed by atoms with van der Waals surface area (Å²) in [7, 11) is 4.39. The summed E-state index contributed by atoms with van der Waals surface area (Å²) in [5.41, 5.74) is 7.60. The molecule has 4 aromatic heterocycles. The second-order valence-electron chi connectivity index (χ2n) is 11.5. The molecule has 0 atom stereocenters. The average molecular weight is 533 g/mol. The van der Waals surface area contributed by atoms with Gasteiger partial charge in [0.15, 0.2) is 0 Å². The summed E-state index contributed by atoms with van der Waals surface area (Å²) < 4.78 is 0. The van der Waals surface area contributed by atoms with E-state index in [1.165, 1.54) is 12.8 Å². The van der Waals surface area contributed by atoms with Crippen LogP contribution in [-0.4, -0.2) is 88.1 Å². The van der Waals surface area contributed by atoms with Crippen molar-refractivity contribution < 1.29 is 0 Å². The molecular formula is C32H36N8. The van der Waals surface area contributed by atoms with Crippen LogP contribution in [0.3, 0.4) is 0 Å². The lowest BCUT2D eigenvalue weighted by Gasteiger charge is -2.33. The highest BCUT2D eigenvalue weighted by Gasteiger charge is 2.20. The van der Waals surface area contributed by atoms with Crippen LogP contribution in [0.15, 0.2) is 61.3 Å². The first-order chi connectivity index (χ1) is 19.6. The van der Waals surface area contributed by atoms with Gasteiger partial charge in [0.2, 0.25) is 0 Å². The predicted octanol–water partition coefficient (Wildman–Crippen LogP) is 4.87. The highest BCUT2D eigenvalue weighted by atomic mass is 15.3. The highest BCUT2D eigenvalue weighted by molar-refractivity contribution is 5.98. The molecule has 8 nitrogen and oxygen atoms in total. The first-order valence-electron chi connectivity index (χ1n) is 14.4. The van der Waals surface area contributed by atoms with Gasteiger partial charge in [-0.1, -0.05) is 6.07 Å². The molecule has 1 N–H and O–H groups in total. The highest BCUT2D eigenvalue weighted by Crippen LogP contribution is 2.34. The minimum Gasteiger partial charge on any atom is -0.354 e. The van der Waals surface area contributed by atoms with Crippen molar-refractivity contribution >= 4 is 27.8 Å². The Kier molecular flexibility index (Phi) is 6.65. The maximum atomic E-state index is 4.79. The smallest absolute Gasteiger partial charge is 0.137 e. The van der Waals surface area contributed by atoms with Gasteiger partial charge in [-0.2, -0.15) is 0 Å². The number of rotatable bonds is 5. The number of anilines is 1. The molecule has 40 heavy (non-hydrogen) atoms. The van der Waals surface area contributed by atoms with E-state index in [0.717, 1.165) is 101 Å². The molecule has 2 fully saturated rings. The molecule has 6 heterocycles. The third-order valence-corrected chi connectivity index (χ3v) is 8.79. The normalized spacial score (nSPS) is 17.7. The number of aromatic nitrogens is 5. The fraction of sp³-hybridized carbons (Fsp3) is 0.375. The van der Waals surface area contributed by atoms with Crippen LogP contribution in [0.5, 0.6) is 0 Å². The standard InChI is InChI=1S/C32H36N8/c1-38-9-6-22(7-10-38)15-30-27-16-24(3-4-29(27)36-21-37-30)28-20-35-32-26(28)17-25(19-34-32)23-5-8-33-31(18-23)40-13-11-39(2)12-14-40/h3-5,8,16-22H,6-7,9-15H2,1-2H3,(H,34,35). The van der Waals surface area contributed by atoms with Gasteiger partial charge in [-0.25, -0.2) is 19.9 Å². The summed E-state index contributed by atoms with van der Waals surface area (Å²) in [5, 5.41) is 2.27. The molecule has 1 aromatic carbocycles. The Morgan fingerprint density at radius 3 is 2.42 bits per heavy atom. The number of likely N-dealkylation sites (tertiary alicyclic amines) is 1. The summed E-state index contributed by atoms with van der Waals surface area (Å²) in [6, 6.07) is 13.1. The van der Waals surface area contributed by atoms with Gasteiger partial charge in [-0.05, 0) is 93.8 Å². The molecule has 5 aromatic rings. The second kappa shape index (κ2) is 10.6. The third-order valence-electron chi connectivity index (χ3n) is 8.79. The first-order valence-corrected chi connectivity index (χ1v) is 14.4. The zero-order valence-electron chi connectivity index (χ0n) is 23.3. The summed E-state index contributed by atoms with van der Waals surface area (Å²) >= 11 is 0. The lowest BCUT2D eigenvalue weighted by Crippen LogP contribution is -2.44. The Balaban J connectivity index is 1.22. The van der Waals surface area contributed by atoms with Crippen molar-refractivity contribution in [1.82, 2.24) is 34.7 Å². The number of hydrogen-bond donors (Lipinski definition) is 1. The van der Waals surface area contributed by atoms with Gasteiger partial charge in [0.25, 0.3) is 0 Å². The number of benzene rings is 1. The number of nitrogens with zero attached hydrogens (tertiary/aromatic N) is 7. The average Bonchev–Trinajstić information content (AvgIpc) is 3.42. The number of aromatic amines is 1. The molecule has 2 saturated heterocycles. The lowest BCUT2D eigenvalue weighted by atomic mass is 9.91. The number of H-pyrrole nitrogens is 1. The van der Waals surface area contributed by atoms with Crippen LogP contribution in [0.1, 0.15) is 18.5 Å². The van der Waals surface area contributed by atoms with Crippen LogP contribution in [0, 0.1) is 5.92 Å². The van der Waals surface area contributed by atoms with Crippen LogP contribution in [0.2, 0.25) is 0 Å². The Hall–Kier alpha value is -3.88. The Bertz CT molecular complexity index is 1640. The second-order valence-corrected chi connectivity index (χ2v) is 11.5. The van der Waals surface area contributed by atoms with Crippen LogP contribution in [0.4, 0.5) is 5.82 Å². The summed E-state index contributed by atoms with van der Waals surface area (Å²) in [4.78, 5) is 29.4. The molecule has 0 bridgehead atoms. The van der Waals surface area contributed by atoms with E-state index in [0.29, 0.717) is 5.92 Å². The van der Waals surface area contributed by atoms with E-state index in [4.69, 9.17) is 9.97 Å². The molecule has 204 valence electrons. The lowest BCUT2D eigenvalue weighted by molar-refractivity contribution is 0.218. The van der Waals surface area contributed by atoms with Crippen molar-refractivity contribution in [3.63, 3.8) is 0 Å². The third kappa shape index (κ3) is 4.93. The van der Waals surface area contributed by atoms with Crippen molar-refractivity contribution in [2.45, 2.75) is 19.3 Å². The van der Waals surface area contributed by atoms with Crippen LogP contribution in [0.25, 0.3) is 44.2 Å². The molecule has 0 saturated carbocycles. The molecule has 0 radical (unpaired) electrons. The van der Waals surface area contributed by atoms with Crippen molar-refractivity contribution in [3.05, 3.63) is 67.0 Å². The summed E-state index contributed by atoms with van der Waals surface area (Å²) in [6.07, 6.45) is 11.1. The number of likely N-dealkylation sites (N-methyl/N-ethyl adjacent to an activating group) is 1. The fourth-order valence-corrected chi connectivity index (χ4v) is 6.19. The van der Waals surface area contributed by atoms with Crippen molar-refractivity contribution in [2.24, 2.45) is 5.92 Å². The largest absolute Gasteiger partial charge is 0.354 e. The molecule has 0 unspecified atom stereocenters. The maximum Gasteiger partial charge on any atom is 0.137 e. The zero-order valence-corrected chi connectivity index (χ0v) is 23.3. The summed E-state index contributed by atoms with van der Waals surface area (Å²) in [6.45, 7) is 6.44. The van der Waals surface area contributed by atoms with E-state index in [1.54, 1.807) is 6.33 Å². The number of nitrogens with one attached hydrogen (secondary N) is 1. The van der Waals surface area contributed by atoms with Crippen LogP contribution < -0.4 is 4.90 Å². The van der Waals surface area contributed by atoms with Crippen LogP contribution in [-0.2, 0) is 6.42 Å². The topological polar surface area (TPSA) is 77.1 Å². The number of hydrogen-bond acceptors (Lipinski definition) is 7. The van der Waals surface area contributed by atoms with E-state index in [1.807, 2.05) is 12.4 Å². The van der Waals surface area contributed by atoms with E-state index in [9.17, 15) is 0 Å². The van der Waals surface area contributed by atoms with Crippen molar-refractivity contribution in [1.29, 1.82) is 0 Å². The van der Waals surface area contributed by atoms with Gasteiger partial charge in [-0.3, -0.25) is 0 Å². The zero-order chi connectivity index (χ0) is 27.1. The molecule has 2 aliphatic heterocycles. The van der Waals surface area contributed by atoms with E-state index in [-0.39, 0.29) is 0 Å². The maximum absolute atomic E-state index is 4.79. The Labute approximate surface area is 235 Å². The number of pyridine rings is 2. The van der Waals surface area contributed by atoms with Crippen molar-refractivity contribution in [3.8, 4) is 22.3 Å².